The Hall–Kier alpha value is -2.85. The molecule has 0 aromatic heterocycles. The van der Waals surface area contributed by atoms with Gasteiger partial charge in [-0.15, -0.1) is 0 Å². The van der Waals surface area contributed by atoms with Crippen LogP contribution in [0.3, 0.4) is 0 Å². The number of halogens is 1. The van der Waals surface area contributed by atoms with Gasteiger partial charge in [0.25, 0.3) is 5.91 Å². The van der Waals surface area contributed by atoms with Crippen molar-refractivity contribution in [3.05, 3.63) is 77.3 Å². The Morgan fingerprint density at radius 3 is 2.42 bits per heavy atom. The number of benzene rings is 3. The maximum absolute atomic E-state index is 12.0. The average Bonchev–Trinajstić information content (AvgIpc) is 2.61. The number of anilines is 1. The lowest BCUT2D eigenvalue weighted by Crippen LogP contribution is -2.21. The van der Waals surface area contributed by atoms with E-state index in [0.29, 0.717) is 16.3 Å². The van der Waals surface area contributed by atoms with E-state index in [1.807, 2.05) is 36.4 Å². The van der Waals surface area contributed by atoms with Gasteiger partial charge in [-0.05, 0) is 35.7 Å². The van der Waals surface area contributed by atoms with Crippen LogP contribution in [0.4, 0.5) is 5.69 Å². The molecule has 0 aliphatic heterocycles. The van der Waals surface area contributed by atoms with Gasteiger partial charge in [0.2, 0.25) is 0 Å². The van der Waals surface area contributed by atoms with Crippen molar-refractivity contribution in [1.82, 2.24) is 0 Å². The highest BCUT2D eigenvalue weighted by Crippen LogP contribution is 2.22. The van der Waals surface area contributed by atoms with E-state index in [4.69, 9.17) is 16.3 Å². The summed E-state index contributed by atoms with van der Waals surface area (Å²) in [6.45, 7) is -0.356. The van der Waals surface area contributed by atoms with Crippen molar-refractivity contribution in [2.45, 2.75) is 0 Å². The molecule has 24 heavy (non-hydrogen) atoms. The molecular weight excluding hydrogens is 326 g/mol. The van der Waals surface area contributed by atoms with Crippen molar-refractivity contribution < 1.29 is 14.3 Å². The molecule has 3 aromatic rings. The maximum Gasteiger partial charge on any atom is 0.338 e. The Labute approximate surface area is 144 Å². The third kappa shape index (κ3) is 3.73. The summed E-state index contributed by atoms with van der Waals surface area (Å²) in [7, 11) is 0. The molecule has 1 N–H and O–H groups in total. The molecule has 0 bridgehead atoms. The smallest absolute Gasteiger partial charge is 0.338 e. The van der Waals surface area contributed by atoms with Crippen LogP contribution in [0.15, 0.2) is 66.7 Å². The summed E-state index contributed by atoms with van der Waals surface area (Å²) < 4.78 is 5.02. The molecule has 4 nitrogen and oxygen atoms in total. The van der Waals surface area contributed by atoms with Crippen LogP contribution in [-0.2, 0) is 9.53 Å². The fourth-order valence-corrected chi connectivity index (χ4v) is 2.45. The van der Waals surface area contributed by atoms with Gasteiger partial charge < -0.3 is 10.1 Å². The Kier molecular flexibility index (Phi) is 4.77. The predicted octanol–water partition coefficient (Wildman–Crippen LogP) is 4.29. The van der Waals surface area contributed by atoms with E-state index in [9.17, 15) is 9.59 Å². The Balaban J connectivity index is 1.63. The van der Waals surface area contributed by atoms with Gasteiger partial charge >= 0.3 is 5.97 Å². The van der Waals surface area contributed by atoms with Gasteiger partial charge in [0.15, 0.2) is 6.61 Å². The van der Waals surface area contributed by atoms with Gasteiger partial charge in [-0.2, -0.15) is 0 Å². The van der Waals surface area contributed by atoms with Crippen LogP contribution in [-0.4, -0.2) is 18.5 Å². The first-order chi connectivity index (χ1) is 11.6. The number of rotatable bonds is 4. The maximum atomic E-state index is 12.0. The van der Waals surface area contributed by atoms with E-state index in [1.165, 1.54) is 0 Å². The van der Waals surface area contributed by atoms with Gasteiger partial charge in [-0.3, -0.25) is 4.79 Å². The molecule has 5 heteroatoms. The summed E-state index contributed by atoms with van der Waals surface area (Å²) >= 11 is 5.77. The molecule has 0 atom stereocenters. The summed E-state index contributed by atoms with van der Waals surface area (Å²) in [6, 6.07) is 19.6. The third-order valence-electron chi connectivity index (χ3n) is 3.48. The minimum atomic E-state index is -0.570. The highest BCUT2D eigenvalue weighted by Gasteiger charge is 2.11. The van der Waals surface area contributed by atoms with Crippen LogP contribution in [0.2, 0.25) is 5.02 Å². The first-order valence-electron chi connectivity index (χ1n) is 7.34. The van der Waals surface area contributed by atoms with Crippen molar-refractivity contribution in [2.75, 3.05) is 11.9 Å². The van der Waals surface area contributed by atoms with Crippen molar-refractivity contribution >= 4 is 39.9 Å². The molecule has 0 aliphatic carbocycles. The molecule has 0 aliphatic rings. The Bertz CT molecular complexity index is 885. The van der Waals surface area contributed by atoms with Gasteiger partial charge in [0.05, 0.1) is 5.56 Å². The van der Waals surface area contributed by atoms with E-state index in [2.05, 4.69) is 5.32 Å². The van der Waals surface area contributed by atoms with Crippen molar-refractivity contribution in [2.24, 2.45) is 0 Å². The fourth-order valence-electron chi connectivity index (χ4n) is 2.32. The number of amides is 1. The van der Waals surface area contributed by atoms with Crippen molar-refractivity contribution in [1.29, 1.82) is 0 Å². The highest BCUT2D eigenvalue weighted by atomic mass is 35.5. The second kappa shape index (κ2) is 7.15. The van der Waals surface area contributed by atoms with Gasteiger partial charge in [0, 0.05) is 16.1 Å². The molecule has 0 heterocycles. The highest BCUT2D eigenvalue weighted by molar-refractivity contribution is 6.30. The van der Waals surface area contributed by atoms with Crippen LogP contribution in [0.5, 0.6) is 0 Å². The lowest BCUT2D eigenvalue weighted by atomic mass is 10.1. The van der Waals surface area contributed by atoms with Crippen LogP contribution >= 0.6 is 11.6 Å². The summed E-state index contributed by atoms with van der Waals surface area (Å²) in [5.41, 5.74) is 1.03. The first kappa shape index (κ1) is 16.0. The molecule has 120 valence electrons. The number of fused-ring (bicyclic) bond motifs is 1. The van der Waals surface area contributed by atoms with E-state index < -0.39 is 11.9 Å². The van der Waals surface area contributed by atoms with Crippen LogP contribution in [0.25, 0.3) is 10.8 Å². The molecule has 0 spiro atoms. The van der Waals surface area contributed by atoms with E-state index in [-0.39, 0.29) is 6.61 Å². The minimum Gasteiger partial charge on any atom is -0.452 e. The van der Waals surface area contributed by atoms with E-state index in [0.717, 1.165) is 10.8 Å². The van der Waals surface area contributed by atoms with Gasteiger partial charge in [-0.1, -0.05) is 48.0 Å². The topological polar surface area (TPSA) is 55.4 Å². The zero-order valence-electron chi connectivity index (χ0n) is 12.7. The van der Waals surface area contributed by atoms with Gasteiger partial charge in [-0.25, -0.2) is 4.79 Å². The fraction of sp³-hybridized carbons (Fsp3) is 0.0526. The normalized spacial score (nSPS) is 10.4. The van der Waals surface area contributed by atoms with Crippen LogP contribution in [0, 0.1) is 0 Å². The zero-order valence-corrected chi connectivity index (χ0v) is 13.4. The molecule has 0 fully saturated rings. The van der Waals surface area contributed by atoms with Crippen LogP contribution < -0.4 is 5.32 Å². The lowest BCUT2D eigenvalue weighted by molar-refractivity contribution is -0.119. The first-order valence-corrected chi connectivity index (χ1v) is 7.71. The molecule has 0 unspecified atom stereocenters. The Morgan fingerprint density at radius 1 is 0.917 bits per heavy atom. The summed E-state index contributed by atoms with van der Waals surface area (Å²) in [4.78, 5) is 23.9. The van der Waals surface area contributed by atoms with Crippen molar-refractivity contribution in [3.8, 4) is 0 Å². The summed E-state index contributed by atoms with van der Waals surface area (Å²) in [6.07, 6.45) is 0. The zero-order chi connectivity index (χ0) is 16.9. The SMILES string of the molecule is O=C(COC(=O)c1ccc(Cl)cc1)Nc1cccc2ccccc12. The number of hydrogen-bond acceptors (Lipinski definition) is 3. The van der Waals surface area contributed by atoms with Crippen LogP contribution in [0.1, 0.15) is 10.4 Å². The number of nitrogens with one attached hydrogen (secondary N) is 1. The second-order valence-electron chi connectivity index (χ2n) is 5.16. The minimum absolute atomic E-state index is 0.345. The largest absolute Gasteiger partial charge is 0.452 e. The third-order valence-corrected chi connectivity index (χ3v) is 3.73. The number of carbonyl (C=O) groups excluding carboxylic acids is 2. The van der Waals surface area contributed by atoms with Gasteiger partial charge in [0.1, 0.15) is 0 Å². The molecular formula is C19H14ClNO3. The molecule has 0 saturated heterocycles. The quantitative estimate of drug-likeness (QED) is 0.721. The van der Waals surface area contributed by atoms with E-state index >= 15 is 0 Å². The molecule has 1 amide bonds. The summed E-state index contributed by atoms with van der Waals surface area (Å²) in [5.74, 6) is -0.964. The second-order valence-corrected chi connectivity index (χ2v) is 5.59. The number of hydrogen-bond donors (Lipinski definition) is 1. The Morgan fingerprint density at radius 2 is 1.62 bits per heavy atom. The predicted molar refractivity (Wildman–Crippen MR) is 94.3 cm³/mol. The number of carbonyl (C=O) groups is 2. The lowest BCUT2D eigenvalue weighted by Gasteiger charge is -2.09. The molecule has 3 rings (SSSR count). The van der Waals surface area contributed by atoms with Crippen molar-refractivity contribution in [3.63, 3.8) is 0 Å². The standard InChI is InChI=1S/C19H14ClNO3/c20-15-10-8-14(9-11-15)19(23)24-12-18(22)21-17-7-3-5-13-4-1-2-6-16(13)17/h1-11H,12H2,(H,21,22). The molecule has 0 radical (unpaired) electrons. The molecule has 0 saturated carbocycles. The number of ether oxygens (including phenoxy) is 1. The average molecular weight is 340 g/mol. The number of esters is 1. The molecule has 3 aromatic carbocycles. The van der Waals surface area contributed by atoms with E-state index in [1.54, 1.807) is 30.3 Å². The summed E-state index contributed by atoms with van der Waals surface area (Å²) in [5, 5.41) is 5.24. The monoisotopic (exact) mass is 339 g/mol.